The van der Waals surface area contributed by atoms with E-state index in [1.807, 2.05) is 32.9 Å². The molecule has 5 heteroatoms. The molecule has 0 amide bonds. The molecule has 1 N–H and O–H groups in total. The number of aliphatic hydroxyl groups excluding tert-OH is 1. The summed E-state index contributed by atoms with van der Waals surface area (Å²) in [5.41, 5.74) is 0.672. The summed E-state index contributed by atoms with van der Waals surface area (Å²) in [6.45, 7) is 7.04. The van der Waals surface area contributed by atoms with Crippen molar-refractivity contribution < 1.29 is 14.6 Å². The van der Waals surface area contributed by atoms with E-state index in [1.165, 1.54) is 0 Å². The van der Waals surface area contributed by atoms with E-state index in [0.717, 1.165) is 20.3 Å². The molecule has 102 valence electrons. The van der Waals surface area contributed by atoms with Crippen molar-refractivity contribution in [2.45, 2.75) is 33.0 Å². The van der Waals surface area contributed by atoms with Crippen LogP contribution in [0, 0.1) is 0 Å². The van der Waals surface area contributed by atoms with Gasteiger partial charge in [0.05, 0.1) is 27.8 Å². The van der Waals surface area contributed by atoms with Crippen LogP contribution in [0.3, 0.4) is 0 Å². The number of ether oxygens (including phenoxy) is 2. The summed E-state index contributed by atoms with van der Waals surface area (Å²) in [4.78, 5) is 0. The fourth-order valence-corrected chi connectivity index (χ4v) is 2.84. The third kappa shape index (κ3) is 5.26. The van der Waals surface area contributed by atoms with Gasteiger partial charge in [-0.3, -0.25) is 0 Å². The molecule has 0 saturated heterocycles. The average molecular weight is 382 g/mol. The summed E-state index contributed by atoms with van der Waals surface area (Å²) in [5, 5.41) is 9.08. The molecule has 0 saturated carbocycles. The van der Waals surface area contributed by atoms with E-state index in [4.69, 9.17) is 14.6 Å². The first kappa shape index (κ1) is 16.0. The van der Waals surface area contributed by atoms with E-state index in [-0.39, 0.29) is 12.2 Å². The van der Waals surface area contributed by atoms with E-state index in [9.17, 15) is 0 Å². The van der Waals surface area contributed by atoms with Crippen molar-refractivity contribution in [1.82, 2.24) is 0 Å². The van der Waals surface area contributed by atoms with Crippen LogP contribution in [0.1, 0.15) is 26.3 Å². The zero-order valence-electron chi connectivity index (χ0n) is 10.8. The molecule has 0 aliphatic carbocycles. The standard InChI is InChI=1S/C13H18Br2O3/c1-13(2,3)18-5-4-17-12-10(14)6-9(8-16)7-11(12)15/h6-7,16H,4-5,8H2,1-3H3. The second-order valence-corrected chi connectivity index (χ2v) is 6.56. The van der Waals surface area contributed by atoms with Crippen molar-refractivity contribution in [2.24, 2.45) is 0 Å². The average Bonchev–Trinajstić information content (AvgIpc) is 2.25. The van der Waals surface area contributed by atoms with Gasteiger partial charge in [0.25, 0.3) is 0 Å². The Labute approximate surface area is 125 Å². The van der Waals surface area contributed by atoms with Crippen molar-refractivity contribution in [3.8, 4) is 5.75 Å². The Balaban J connectivity index is 2.57. The molecule has 0 bridgehead atoms. The number of hydrogen-bond acceptors (Lipinski definition) is 3. The molecule has 1 rings (SSSR count). The SMILES string of the molecule is CC(C)(C)OCCOc1c(Br)cc(CO)cc1Br. The van der Waals surface area contributed by atoms with Crippen LogP contribution in [0.5, 0.6) is 5.75 Å². The predicted molar refractivity (Wildman–Crippen MR) is 79.0 cm³/mol. The minimum Gasteiger partial charge on any atom is -0.489 e. The number of aliphatic hydroxyl groups is 1. The first-order valence-electron chi connectivity index (χ1n) is 5.69. The van der Waals surface area contributed by atoms with Gasteiger partial charge in [0.2, 0.25) is 0 Å². The van der Waals surface area contributed by atoms with Crippen LogP contribution in [-0.2, 0) is 11.3 Å². The van der Waals surface area contributed by atoms with Crippen molar-refractivity contribution in [1.29, 1.82) is 0 Å². The Kier molecular flexibility index (Phi) is 6.11. The Hall–Kier alpha value is -0.100. The highest BCUT2D eigenvalue weighted by molar-refractivity contribution is 9.11. The minimum atomic E-state index is -0.154. The molecule has 1 aromatic carbocycles. The number of hydrogen-bond donors (Lipinski definition) is 1. The zero-order valence-corrected chi connectivity index (χ0v) is 14.0. The Morgan fingerprint density at radius 2 is 1.67 bits per heavy atom. The molecule has 1 aromatic rings. The van der Waals surface area contributed by atoms with E-state index in [0.29, 0.717) is 13.2 Å². The number of benzene rings is 1. The smallest absolute Gasteiger partial charge is 0.147 e. The van der Waals surface area contributed by atoms with Crippen LogP contribution < -0.4 is 4.74 Å². The molecule has 18 heavy (non-hydrogen) atoms. The first-order valence-corrected chi connectivity index (χ1v) is 7.27. The van der Waals surface area contributed by atoms with Gasteiger partial charge >= 0.3 is 0 Å². The summed E-state index contributed by atoms with van der Waals surface area (Å²) in [6.07, 6.45) is 0. The molecule has 0 heterocycles. The molecule has 0 aliphatic heterocycles. The quantitative estimate of drug-likeness (QED) is 0.786. The van der Waals surface area contributed by atoms with Gasteiger partial charge in [-0.1, -0.05) is 0 Å². The molecule has 3 nitrogen and oxygen atoms in total. The van der Waals surface area contributed by atoms with Crippen LogP contribution in [0.15, 0.2) is 21.1 Å². The molecule has 0 unspecified atom stereocenters. The summed E-state index contributed by atoms with van der Waals surface area (Å²) in [5.74, 6) is 0.727. The lowest BCUT2D eigenvalue weighted by Crippen LogP contribution is -2.22. The molecular formula is C13H18Br2O3. The maximum atomic E-state index is 9.08. The Bertz CT molecular complexity index is 377. The molecule has 0 fully saturated rings. The fraction of sp³-hybridized carbons (Fsp3) is 0.538. The number of halogens is 2. The van der Waals surface area contributed by atoms with Crippen molar-refractivity contribution in [3.05, 3.63) is 26.6 Å². The van der Waals surface area contributed by atoms with E-state index in [2.05, 4.69) is 31.9 Å². The molecular weight excluding hydrogens is 364 g/mol. The zero-order chi connectivity index (χ0) is 13.8. The summed E-state index contributed by atoms with van der Waals surface area (Å²) >= 11 is 6.85. The van der Waals surface area contributed by atoms with E-state index >= 15 is 0 Å². The van der Waals surface area contributed by atoms with Gasteiger partial charge in [0.15, 0.2) is 0 Å². The molecule has 0 aromatic heterocycles. The highest BCUT2D eigenvalue weighted by Gasteiger charge is 2.11. The van der Waals surface area contributed by atoms with Gasteiger partial charge in [-0.15, -0.1) is 0 Å². The van der Waals surface area contributed by atoms with Gasteiger partial charge < -0.3 is 14.6 Å². The highest BCUT2D eigenvalue weighted by atomic mass is 79.9. The molecule has 0 atom stereocenters. The van der Waals surface area contributed by atoms with Gasteiger partial charge in [0, 0.05) is 0 Å². The Morgan fingerprint density at radius 3 is 2.11 bits per heavy atom. The lowest BCUT2D eigenvalue weighted by molar-refractivity contribution is -0.0164. The van der Waals surface area contributed by atoms with Crippen molar-refractivity contribution >= 4 is 31.9 Å². The van der Waals surface area contributed by atoms with Gasteiger partial charge in [-0.25, -0.2) is 0 Å². The normalized spacial score (nSPS) is 11.7. The van der Waals surface area contributed by atoms with Crippen LogP contribution in [-0.4, -0.2) is 23.9 Å². The third-order valence-electron chi connectivity index (χ3n) is 2.11. The lowest BCUT2D eigenvalue weighted by Gasteiger charge is -2.20. The van der Waals surface area contributed by atoms with Crippen LogP contribution in [0.25, 0.3) is 0 Å². The van der Waals surface area contributed by atoms with Crippen molar-refractivity contribution in [3.63, 3.8) is 0 Å². The van der Waals surface area contributed by atoms with Crippen molar-refractivity contribution in [2.75, 3.05) is 13.2 Å². The molecule has 0 radical (unpaired) electrons. The van der Waals surface area contributed by atoms with E-state index < -0.39 is 0 Å². The first-order chi connectivity index (χ1) is 8.33. The summed E-state index contributed by atoms with van der Waals surface area (Å²) in [7, 11) is 0. The Morgan fingerprint density at radius 1 is 1.11 bits per heavy atom. The van der Waals surface area contributed by atoms with E-state index in [1.54, 1.807) is 0 Å². The number of rotatable bonds is 5. The van der Waals surface area contributed by atoms with Gasteiger partial charge in [-0.2, -0.15) is 0 Å². The summed E-state index contributed by atoms with van der Waals surface area (Å²) in [6, 6.07) is 3.68. The monoisotopic (exact) mass is 380 g/mol. The topological polar surface area (TPSA) is 38.7 Å². The van der Waals surface area contributed by atoms with Crippen LogP contribution in [0.4, 0.5) is 0 Å². The maximum Gasteiger partial charge on any atom is 0.147 e. The maximum absolute atomic E-state index is 9.08. The van der Waals surface area contributed by atoms with Gasteiger partial charge in [-0.05, 0) is 70.3 Å². The molecule has 0 spiro atoms. The highest BCUT2D eigenvalue weighted by Crippen LogP contribution is 2.34. The van der Waals surface area contributed by atoms with Crippen LogP contribution >= 0.6 is 31.9 Å². The van der Waals surface area contributed by atoms with Gasteiger partial charge in [0.1, 0.15) is 12.4 Å². The second kappa shape index (κ2) is 6.89. The third-order valence-corrected chi connectivity index (χ3v) is 3.28. The second-order valence-electron chi connectivity index (χ2n) is 4.86. The molecule has 0 aliphatic rings. The summed E-state index contributed by atoms with van der Waals surface area (Å²) < 4.78 is 12.9. The predicted octanol–water partition coefficient (Wildman–Crippen LogP) is 3.90. The lowest BCUT2D eigenvalue weighted by atomic mass is 10.2. The van der Waals surface area contributed by atoms with Crippen LogP contribution in [0.2, 0.25) is 0 Å². The fourth-order valence-electron chi connectivity index (χ4n) is 1.33. The largest absolute Gasteiger partial charge is 0.489 e. The minimum absolute atomic E-state index is 0.00458.